The summed E-state index contributed by atoms with van der Waals surface area (Å²) in [4.78, 5) is 72.1. The molecule has 13 nitrogen and oxygen atoms in total. The van der Waals surface area contributed by atoms with Crippen molar-refractivity contribution >= 4 is 35.8 Å². The largest absolute Gasteiger partial charge is 0.454 e. The van der Waals surface area contributed by atoms with Gasteiger partial charge in [0, 0.05) is 48.1 Å². The monoisotopic (exact) mass is 490 g/mol. The number of ether oxygens (including phenoxy) is 6. The first kappa shape index (κ1) is 28.8. The van der Waals surface area contributed by atoms with Crippen molar-refractivity contribution in [3.63, 3.8) is 0 Å². The van der Waals surface area contributed by atoms with Crippen molar-refractivity contribution in [2.45, 2.75) is 90.5 Å². The summed E-state index contributed by atoms with van der Waals surface area (Å²) < 4.78 is 32.3. The van der Waals surface area contributed by atoms with Crippen molar-refractivity contribution in [2.24, 2.45) is 0 Å². The third kappa shape index (κ3) is 7.40. The molecule has 3 unspecified atom stereocenters. The molecule has 6 atom stereocenters. The molecule has 1 aliphatic rings. The summed E-state index contributed by atoms with van der Waals surface area (Å²) >= 11 is 0. The molecular weight excluding hydrogens is 460 g/mol. The zero-order valence-electron chi connectivity index (χ0n) is 19.9. The first-order valence-electron chi connectivity index (χ1n) is 10.4. The topological polar surface area (TPSA) is 178 Å². The number of rotatable bonds is 9. The van der Waals surface area contributed by atoms with Crippen LogP contribution < -0.4 is 0 Å². The summed E-state index contributed by atoms with van der Waals surface area (Å²) in [6, 6.07) is 0. The van der Waals surface area contributed by atoms with Gasteiger partial charge in [-0.05, 0) is 12.8 Å². The van der Waals surface area contributed by atoms with E-state index in [-0.39, 0.29) is 12.8 Å². The van der Waals surface area contributed by atoms with Gasteiger partial charge in [0.05, 0.1) is 0 Å². The SMILES string of the molecule is CC(=O)OC1C(OC(C)=O)[C@@](CCCO)(OC(C)=O)[C@@H](OC(C)=O)C(OC(C)=O)[C@H]1OC(C)=O. The quantitative estimate of drug-likeness (QED) is 0.330. The molecule has 0 aromatic carbocycles. The van der Waals surface area contributed by atoms with E-state index in [1.807, 2.05) is 0 Å². The Morgan fingerprint density at radius 2 is 0.941 bits per heavy atom. The maximum absolute atomic E-state index is 12.2. The second-order valence-corrected chi connectivity index (χ2v) is 7.66. The van der Waals surface area contributed by atoms with Crippen LogP contribution in [0.15, 0.2) is 0 Å². The van der Waals surface area contributed by atoms with E-state index in [1.165, 1.54) is 0 Å². The Labute approximate surface area is 195 Å². The van der Waals surface area contributed by atoms with Crippen molar-refractivity contribution < 1.29 is 62.3 Å². The van der Waals surface area contributed by atoms with Gasteiger partial charge in [-0.25, -0.2) is 0 Å². The lowest BCUT2D eigenvalue weighted by Gasteiger charge is -2.53. The van der Waals surface area contributed by atoms with E-state index in [2.05, 4.69) is 0 Å². The fourth-order valence-corrected chi connectivity index (χ4v) is 3.98. The Morgan fingerprint density at radius 1 is 0.588 bits per heavy atom. The molecule has 0 aromatic heterocycles. The molecule has 1 saturated carbocycles. The van der Waals surface area contributed by atoms with Gasteiger partial charge >= 0.3 is 35.8 Å². The highest BCUT2D eigenvalue weighted by molar-refractivity contribution is 5.71. The van der Waals surface area contributed by atoms with Gasteiger partial charge in [0.2, 0.25) is 0 Å². The number of carbonyl (C=O) groups excluding carboxylic acids is 6. The molecule has 1 aliphatic carbocycles. The first-order chi connectivity index (χ1) is 15.7. The molecule has 34 heavy (non-hydrogen) atoms. The Kier molecular flexibility index (Phi) is 10.4. The predicted octanol–water partition coefficient (Wildman–Crippen LogP) is -0.267. The van der Waals surface area contributed by atoms with Crippen molar-refractivity contribution in [3.05, 3.63) is 0 Å². The van der Waals surface area contributed by atoms with Crippen LogP contribution in [-0.4, -0.2) is 83.7 Å². The number of hydrogen-bond acceptors (Lipinski definition) is 13. The van der Waals surface area contributed by atoms with Crippen molar-refractivity contribution in [1.82, 2.24) is 0 Å². The summed E-state index contributed by atoms with van der Waals surface area (Å²) in [6.07, 6.45) is -8.67. The molecule has 192 valence electrons. The number of carbonyl (C=O) groups is 6. The van der Waals surface area contributed by atoms with Gasteiger partial charge in [-0.2, -0.15) is 0 Å². The number of aliphatic hydroxyl groups is 1. The fourth-order valence-electron chi connectivity index (χ4n) is 3.98. The smallest absolute Gasteiger partial charge is 0.303 e. The van der Waals surface area contributed by atoms with Crippen LogP contribution in [0, 0.1) is 0 Å². The van der Waals surface area contributed by atoms with Crippen LogP contribution in [0.25, 0.3) is 0 Å². The van der Waals surface area contributed by atoms with Gasteiger partial charge in [-0.15, -0.1) is 0 Å². The lowest BCUT2D eigenvalue weighted by Crippen LogP contribution is -2.75. The second kappa shape index (κ2) is 12.3. The number of esters is 6. The van der Waals surface area contributed by atoms with E-state index in [0.29, 0.717) is 0 Å². The van der Waals surface area contributed by atoms with Crippen molar-refractivity contribution in [2.75, 3.05) is 6.61 Å². The lowest BCUT2D eigenvalue weighted by atomic mass is 9.71. The Balaban J connectivity index is 4.00. The molecule has 0 bridgehead atoms. The third-order valence-corrected chi connectivity index (χ3v) is 4.76. The fraction of sp³-hybridized carbons (Fsp3) is 0.714. The maximum atomic E-state index is 12.2. The minimum Gasteiger partial charge on any atom is -0.454 e. The zero-order valence-corrected chi connectivity index (χ0v) is 19.9. The van der Waals surface area contributed by atoms with E-state index < -0.39 is 78.5 Å². The van der Waals surface area contributed by atoms with E-state index in [9.17, 15) is 33.9 Å². The van der Waals surface area contributed by atoms with Gasteiger partial charge in [0.15, 0.2) is 36.1 Å². The summed E-state index contributed by atoms with van der Waals surface area (Å²) in [5.74, 6) is -5.41. The molecular formula is C21H30O13. The van der Waals surface area contributed by atoms with Crippen LogP contribution >= 0.6 is 0 Å². The van der Waals surface area contributed by atoms with Gasteiger partial charge in [-0.1, -0.05) is 0 Å². The number of aliphatic hydroxyl groups excluding tert-OH is 1. The van der Waals surface area contributed by atoms with E-state index in [1.54, 1.807) is 0 Å². The van der Waals surface area contributed by atoms with Crippen molar-refractivity contribution in [1.29, 1.82) is 0 Å². The second-order valence-electron chi connectivity index (χ2n) is 7.66. The molecule has 0 heterocycles. The van der Waals surface area contributed by atoms with E-state index >= 15 is 0 Å². The van der Waals surface area contributed by atoms with E-state index in [0.717, 1.165) is 41.5 Å². The molecule has 0 aliphatic heterocycles. The average molecular weight is 490 g/mol. The molecule has 0 radical (unpaired) electrons. The van der Waals surface area contributed by atoms with Crippen LogP contribution in [0.5, 0.6) is 0 Å². The van der Waals surface area contributed by atoms with Gasteiger partial charge in [-0.3, -0.25) is 28.8 Å². The highest BCUT2D eigenvalue weighted by atomic mass is 16.7. The molecule has 0 amide bonds. The van der Waals surface area contributed by atoms with Gasteiger partial charge in [0.25, 0.3) is 0 Å². The predicted molar refractivity (Wildman–Crippen MR) is 109 cm³/mol. The normalized spacial score (nSPS) is 28.1. The van der Waals surface area contributed by atoms with Crippen LogP contribution in [0.1, 0.15) is 54.4 Å². The molecule has 1 rings (SSSR count). The summed E-state index contributed by atoms with van der Waals surface area (Å²) in [7, 11) is 0. The lowest BCUT2D eigenvalue weighted by molar-refractivity contribution is -0.291. The standard InChI is InChI=1S/C21H30O13/c1-10(23)29-16-17(30-11(2)24)19(32-13(4)26)21(8-7-9-22,34-15(6)28)20(33-14(5)27)18(16)31-12(3)25/h16-20,22H,7-9H2,1-6H3/t16-,17?,18?,19+,20?,21+/m1/s1. The van der Waals surface area contributed by atoms with Crippen molar-refractivity contribution in [3.8, 4) is 0 Å². The van der Waals surface area contributed by atoms with Crippen LogP contribution in [0.4, 0.5) is 0 Å². The maximum Gasteiger partial charge on any atom is 0.303 e. The van der Waals surface area contributed by atoms with Gasteiger partial charge < -0.3 is 33.5 Å². The Morgan fingerprint density at radius 3 is 1.24 bits per heavy atom. The summed E-state index contributed by atoms with van der Waals surface area (Å²) in [6.45, 7) is 5.72. The molecule has 0 saturated heterocycles. The van der Waals surface area contributed by atoms with E-state index in [4.69, 9.17) is 28.4 Å². The minimum absolute atomic E-state index is 0.0688. The van der Waals surface area contributed by atoms with Crippen LogP contribution in [0.3, 0.4) is 0 Å². The summed E-state index contributed by atoms with van der Waals surface area (Å²) in [5, 5.41) is 9.48. The molecule has 1 N–H and O–H groups in total. The first-order valence-corrected chi connectivity index (χ1v) is 10.4. The number of hydrogen-bond donors (Lipinski definition) is 1. The zero-order chi connectivity index (χ0) is 26.2. The molecule has 0 aromatic rings. The highest BCUT2D eigenvalue weighted by Crippen LogP contribution is 2.44. The molecule has 0 spiro atoms. The third-order valence-electron chi connectivity index (χ3n) is 4.76. The Bertz CT molecular complexity index is 760. The van der Waals surface area contributed by atoms with Crippen LogP contribution in [-0.2, 0) is 57.2 Å². The van der Waals surface area contributed by atoms with Gasteiger partial charge in [0.1, 0.15) is 0 Å². The summed E-state index contributed by atoms with van der Waals surface area (Å²) in [5.41, 5.74) is -2.11. The average Bonchev–Trinajstić information content (AvgIpc) is 2.67. The molecule has 13 heteroatoms. The minimum atomic E-state index is -2.11. The van der Waals surface area contributed by atoms with Crippen LogP contribution in [0.2, 0.25) is 0 Å². The highest BCUT2D eigenvalue weighted by Gasteiger charge is 2.68. The molecule has 1 fully saturated rings. The Hall–Kier alpha value is -3.22.